The quantitative estimate of drug-likeness (QED) is 0.534. The van der Waals surface area contributed by atoms with Crippen molar-refractivity contribution in [2.24, 2.45) is 0 Å². The van der Waals surface area contributed by atoms with E-state index >= 15 is 0 Å². The molecule has 0 fully saturated rings. The third kappa shape index (κ3) is 3.10. The summed E-state index contributed by atoms with van der Waals surface area (Å²) in [5, 5.41) is 15.3. The number of rotatable bonds is 4. The lowest BCUT2D eigenvalue weighted by molar-refractivity contribution is -0.384. The third-order valence-electron chi connectivity index (χ3n) is 3.65. The highest BCUT2D eigenvalue weighted by molar-refractivity contribution is 6.33. The lowest BCUT2D eigenvalue weighted by atomic mass is 10.1. The van der Waals surface area contributed by atoms with Crippen LogP contribution >= 0.6 is 11.6 Å². The molecule has 116 valence electrons. The second kappa shape index (κ2) is 6.22. The van der Waals surface area contributed by atoms with E-state index in [0.29, 0.717) is 10.7 Å². The summed E-state index contributed by atoms with van der Waals surface area (Å²) < 4.78 is 0. The number of pyridine rings is 1. The van der Waals surface area contributed by atoms with Gasteiger partial charge in [-0.15, -0.1) is 0 Å². The van der Waals surface area contributed by atoms with Crippen molar-refractivity contribution in [1.29, 1.82) is 0 Å². The summed E-state index contributed by atoms with van der Waals surface area (Å²) in [5.41, 5.74) is 3.54. The maximum absolute atomic E-state index is 10.8. The molecule has 0 radical (unpaired) electrons. The summed E-state index contributed by atoms with van der Waals surface area (Å²) in [6.45, 7) is 2.10. The lowest BCUT2D eigenvalue weighted by Crippen LogP contribution is -1.95. The number of aryl methyl sites for hydroxylation is 1. The first-order chi connectivity index (χ1) is 11.1. The number of anilines is 2. The average molecular weight is 328 g/mol. The van der Waals surface area contributed by atoms with E-state index in [1.165, 1.54) is 17.7 Å². The predicted molar refractivity (Wildman–Crippen MR) is 92.5 cm³/mol. The van der Waals surface area contributed by atoms with Crippen LogP contribution in [0, 0.1) is 10.1 Å². The molecule has 6 heteroatoms. The Labute approximate surface area is 138 Å². The zero-order valence-corrected chi connectivity index (χ0v) is 13.2. The molecule has 0 unspecified atom stereocenters. The number of nitrogens with one attached hydrogen (secondary N) is 1. The molecule has 0 saturated heterocycles. The first-order valence-electron chi connectivity index (χ1n) is 7.17. The van der Waals surface area contributed by atoms with Crippen molar-refractivity contribution in [3.05, 3.63) is 69.4 Å². The van der Waals surface area contributed by atoms with E-state index in [-0.39, 0.29) is 5.69 Å². The standard InChI is InChI=1S/C17H14ClN3O2/c1-2-11-3-5-15-13(9-11)16(7-8-19-15)20-17-6-4-12(21(22)23)10-14(17)18/h3-10H,2H2,1H3,(H,19,20). The summed E-state index contributed by atoms with van der Waals surface area (Å²) in [4.78, 5) is 14.7. The minimum atomic E-state index is -0.467. The van der Waals surface area contributed by atoms with E-state index in [0.717, 1.165) is 23.0 Å². The van der Waals surface area contributed by atoms with Crippen LogP contribution < -0.4 is 5.32 Å². The molecule has 0 amide bonds. The normalized spacial score (nSPS) is 10.7. The van der Waals surface area contributed by atoms with Gasteiger partial charge in [0.15, 0.2) is 0 Å². The minimum Gasteiger partial charge on any atom is -0.354 e. The fourth-order valence-corrected chi connectivity index (χ4v) is 2.61. The molecule has 0 aliphatic heterocycles. The number of nitro benzene ring substituents is 1. The van der Waals surface area contributed by atoms with E-state index in [1.54, 1.807) is 12.3 Å². The highest BCUT2D eigenvalue weighted by Crippen LogP contribution is 2.32. The van der Waals surface area contributed by atoms with Crippen LogP contribution in [-0.2, 0) is 6.42 Å². The van der Waals surface area contributed by atoms with Gasteiger partial charge in [0.1, 0.15) is 0 Å². The van der Waals surface area contributed by atoms with E-state index in [9.17, 15) is 10.1 Å². The number of nitrogens with zero attached hydrogens (tertiary/aromatic N) is 2. The molecule has 0 saturated carbocycles. The van der Waals surface area contributed by atoms with Gasteiger partial charge >= 0.3 is 0 Å². The molecule has 0 aliphatic rings. The SMILES string of the molecule is CCc1ccc2nccc(Nc3ccc([N+](=O)[O-])cc3Cl)c2c1. The molecule has 3 rings (SSSR count). The molecule has 3 aromatic rings. The van der Waals surface area contributed by atoms with Crippen LogP contribution in [0.25, 0.3) is 10.9 Å². The number of non-ortho nitro benzene ring substituents is 1. The Kier molecular flexibility index (Phi) is 4.12. The molecular weight excluding hydrogens is 314 g/mol. The molecule has 0 spiro atoms. The van der Waals surface area contributed by atoms with Crippen molar-refractivity contribution >= 4 is 39.6 Å². The Morgan fingerprint density at radius 2 is 2.00 bits per heavy atom. The van der Waals surface area contributed by atoms with Crippen molar-refractivity contribution in [3.8, 4) is 0 Å². The average Bonchev–Trinajstić information content (AvgIpc) is 2.56. The molecule has 5 nitrogen and oxygen atoms in total. The van der Waals surface area contributed by atoms with E-state index in [2.05, 4.69) is 29.4 Å². The van der Waals surface area contributed by atoms with E-state index in [1.807, 2.05) is 12.1 Å². The topological polar surface area (TPSA) is 68.1 Å². The Bertz CT molecular complexity index is 896. The van der Waals surface area contributed by atoms with Gasteiger partial charge < -0.3 is 5.32 Å². The Morgan fingerprint density at radius 3 is 2.70 bits per heavy atom. The minimum absolute atomic E-state index is 0.0339. The molecule has 0 aliphatic carbocycles. The van der Waals surface area contributed by atoms with E-state index < -0.39 is 4.92 Å². The van der Waals surface area contributed by atoms with Gasteiger partial charge in [-0.25, -0.2) is 0 Å². The maximum Gasteiger partial charge on any atom is 0.271 e. The maximum atomic E-state index is 10.8. The van der Waals surface area contributed by atoms with Crippen LogP contribution in [0.3, 0.4) is 0 Å². The van der Waals surface area contributed by atoms with Crippen molar-refractivity contribution < 1.29 is 4.92 Å². The summed E-state index contributed by atoms with van der Waals surface area (Å²) >= 11 is 6.15. The number of hydrogen-bond donors (Lipinski definition) is 1. The fourth-order valence-electron chi connectivity index (χ4n) is 2.39. The van der Waals surface area contributed by atoms with Crippen LogP contribution in [-0.4, -0.2) is 9.91 Å². The first kappa shape index (κ1) is 15.2. The van der Waals surface area contributed by atoms with Crippen LogP contribution in [0.5, 0.6) is 0 Å². The van der Waals surface area contributed by atoms with Crippen molar-refractivity contribution in [3.63, 3.8) is 0 Å². The Hall–Kier alpha value is -2.66. The molecular formula is C17H14ClN3O2. The van der Waals surface area contributed by atoms with Crippen LogP contribution in [0.2, 0.25) is 5.02 Å². The molecule has 0 atom stereocenters. The molecule has 1 aromatic heterocycles. The van der Waals surface area contributed by atoms with Gasteiger partial charge in [0, 0.05) is 29.4 Å². The van der Waals surface area contributed by atoms with Gasteiger partial charge in [-0.1, -0.05) is 24.6 Å². The summed E-state index contributed by atoms with van der Waals surface area (Å²) in [7, 11) is 0. The Morgan fingerprint density at radius 1 is 1.17 bits per heavy atom. The third-order valence-corrected chi connectivity index (χ3v) is 3.96. The van der Waals surface area contributed by atoms with Gasteiger partial charge in [-0.05, 0) is 36.2 Å². The van der Waals surface area contributed by atoms with Crippen molar-refractivity contribution in [2.75, 3.05) is 5.32 Å². The van der Waals surface area contributed by atoms with Crippen LogP contribution in [0.15, 0.2) is 48.7 Å². The molecule has 23 heavy (non-hydrogen) atoms. The lowest BCUT2D eigenvalue weighted by Gasteiger charge is -2.11. The number of halogens is 1. The number of hydrogen-bond acceptors (Lipinski definition) is 4. The molecule has 1 heterocycles. The van der Waals surface area contributed by atoms with Crippen LogP contribution in [0.4, 0.5) is 17.1 Å². The summed E-state index contributed by atoms with van der Waals surface area (Å²) in [5.74, 6) is 0. The number of benzene rings is 2. The van der Waals surface area contributed by atoms with E-state index in [4.69, 9.17) is 11.6 Å². The predicted octanol–water partition coefficient (Wildman–Crippen LogP) is 5.10. The smallest absolute Gasteiger partial charge is 0.271 e. The van der Waals surface area contributed by atoms with Crippen molar-refractivity contribution in [1.82, 2.24) is 4.98 Å². The molecule has 1 N–H and O–H groups in total. The van der Waals surface area contributed by atoms with Crippen molar-refractivity contribution in [2.45, 2.75) is 13.3 Å². The second-order valence-electron chi connectivity index (χ2n) is 5.11. The van der Waals surface area contributed by atoms with Gasteiger partial charge in [0.05, 0.1) is 21.2 Å². The van der Waals surface area contributed by atoms with Gasteiger partial charge in [-0.2, -0.15) is 0 Å². The van der Waals surface area contributed by atoms with Gasteiger partial charge in [0.2, 0.25) is 0 Å². The number of fused-ring (bicyclic) bond motifs is 1. The number of nitro groups is 1. The monoisotopic (exact) mass is 327 g/mol. The Balaban J connectivity index is 2.03. The highest BCUT2D eigenvalue weighted by atomic mass is 35.5. The zero-order valence-electron chi connectivity index (χ0n) is 12.4. The van der Waals surface area contributed by atoms with Gasteiger partial charge in [0.25, 0.3) is 5.69 Å². The summed E-state index contributed by atoms with van der Waals surface area (Å²) in [6, 6.07) is 12.4. The number of aromatic nitrogens is 1. The molecule has 0 bridgehead atoms. The first-order valence-corrected chi connectivity index (χ1v) is 7.55. The highest BCUT2D eigenvalue weighted by Gasteiger charge is 2.11. The van der Waals surface area contributed by atoms with Gasteiger partial charge in [-0.3, -0.25) is 15.1 Å². The largest absolute Gasteiger partial charge is 0.354 e. The van der Waals surface area contributed by atoms with Crippen LogP contribution in [0.1, 0.15) is 12.5 Å². The molecule has 2 aromatic carbocycles. The zero-order chi connectivity index (χ0) is 16.4. The summed E-state index contributed by atoms with van der Waals surface area (Å²) in [6.07, 6.45) is 2.65. The fraction of sp³-hybridized carbons (Fsp3) is 0.118. The second-order valence-corrected chi connectivity index (χ2v) is 5.52.